The Kier molecular flexibility index (Phi) is 6.96. The third-order valence-corrected chi connectivity index (χ3v) is 11.7. The van der Waals surface area contributed by atoms with E-state index in [4.69, 9.17) is 34.8 Å². The van der Waals surface area contributed by atoms with Crippen molar-refractivity contribution in [1.29, 1.82) is 0 Å². The predicted octanol–water partition coefficient (Wildman–Crippen LogP) is 5.65. The molecule has 2 aliphatic heterocycles. The van der Waals surface area contributed by atoms with Crippen molar-refractivity contribution in [1.82, 2.24) is 14.9 Å². The van der Waals surface area contributed by atoms with Crippen molar-refractivity contribution in [2.24, 2.45) is 17.8 Å². The second kappa shape index (κ2) is 10.3. The lowest BCUT2D eigenvalue weighted by Crippen LogP contribution is -2.60. The highest BCUT2D eigenvalue weighted by molar-refractivity contribution is 6.53. The molecule has 1 aromatic heterocycles. The van der Waals surface area contributed by atoms with Gasteiger partial charge in [0.1, 0.15) is 11.4 Å². The van der Waals surface area contributed by atoms with Gasteiger partial charge in [0.15, 0.2) is 15.6 Å². The van der Waals surface area contributed by atoms with Gasteiger partial charge in [-0.15, -0.1) is 23.2 Å². The van der Waals surface area contributed by atoms with Crippen LogP contribution in [0.4, 0.5) is 19.0 Å². The highest BCUT2D eigenvalue weighted by atomic mass is 35.5. The number of pyridine rings is 1. The van der Waals surface area contributed by atoms with Crippen LogP contribution in [-0.2, 0) is 25.4 Å². The number of amides is 4. The zero-order valence-electron chi connectivity index (χ0n) is 24.6. The number of likely N-dealkylation sites (tertiary alicyclic amines) is 1. The summed E-state index contributed by atoms with van der Waals surface area (Å²) in [6, 6.07) is 11.8. The smallest absolute Gasteiger partial charge is 0.433 e. The Balaban J connectivity index is 1.38. The number of nitrogens with zero attached hydrogens (tertiary/aromatic N) is 4. The lowest BCUT2D eigenvalue weighted by molar-refractivity contribution is -0.141. The first-order valence-corrected chi connectivity index (χ1v) is 15.6. The van der Waals surface area contributed by atoms with Crippen LogP contribution in [0.3, 0.4) is 0 Å². The first kappa shape index (κ1) is 31.7. The zero-order chi connectivity index (χ0) is 34.0. The Bertz CT molecular complexity index is 1970. The standard InChI is InChI=1S/C32H24Cl3F3N4O5/c1-40-28(46)30(34)13-18-16(24(31(30,35)29(40)47)23-15-6-4-3-5-14(15)7-11-20(23)43)8-9-17-22(18)27(45)42(26(17)44)41(2)25-19(33)10-12-21(39-25)32(36,37)38/h3-8,10-12,17-18,22,24,43H,9,13H2,1-2H3. The van der Waals surface area contributed by atoms with Gasteiger partial charge in [-0.05, 0) is 47.7 Å². The fraction of sp³-hybridized carbons (Fsp3) is 0.344. The summed E-state index contributed by atoms with van der Waals surface area (Å²) >= 11 is 20.7. The predicted molar refractivity (Wildman–Crippen MR) is 166 cm³/mol. The molecular weight excluding hydrogens is 684 g/mol. The van der Waals surface area contributed by atoms with E-state index < -0.39 is 74.7 Å². The summed E-state index contributed by atoms with van der Waals surface area (Å²) < 4.78 is 40.5. The number of phenols is 1. The Hall–Kier alpha value is -3.87. The molecule has 47 heavy (non-hydrogen) atoms. The highest BCUT2D eigenvalue weighted by Gasteiger charge is 2.76. The van der Waals surface area contributed by atoms with Crippen LogP contribution in [0, 0.1) is 17.8 Å². The molecule has 2 aliphatic carbocycles. The number of carbonyl (C=O) groups is 4. The maximum atomic E-state index is 14.3. The van der Waals surface area contributed by atoms with Crippen LogP contribution in [0.1, 0.15) is 30.0 Å². The van der Waals surface area contributed by atoms with E-state index >= 15 is 0 Å². The summed E-state index contributed by atoms with van der Waals surface area (Å²) in [4.78, 5) is 56.0. The number of alkyl halides is 5. The van der Waals surface area contributed by atoms with Crippen molar-refractivity contribution >= 4 is 75.0 Å². The van der Waals surface area contributed by atoms with Gasteiger partial charge in [0.25, 0.3) is 23.6 Å². The van der Waals surface area contributed by atoms with Crippen molar-refractivity contribution < 1.29 is 37.5 Å². The van der Waals surface area contributed by atoms with Crippen LogP contribution in [0.25, 0.3) is 10.8 Å². The number of carbonyl (C=O) groups excluding carboxylic acids is 4. The molecule has 7 rings (SSSR count). The maximum absolute atomic E-state index is 14.3. The van der Waals surface area contributed by atoms with E-state index in [1.807, 2.05) is 0 Å². The van der Waals surface area contributed by atoms with Crippen LogP contribution < -0.4 is 5.01 Å². The molecule has 3 aromatic rings. The van der Waals surface area contributed by atoms with Gasteiger partial charge in [0.05, 0.1) is 16.9 Å². The quantitative estimate of drug-likeness (QED) is 0.213. The molecule has 244 valence electrons. The van der Waals surface area contributed by atoms with Crippen molar-refractivity contribution in [3.63, 3.8) is 0 Å². The summed E-state index contributed by atoms with van der Waals surface area (Å²) in [5, 5.41) is 13.9. The molecule has 0 bridgehead atoms. The van der Waals surface area contributed by atoms with E-state index in [0.717, 1.165) is 16.0 Å². The normalized spacial score (nSPS) is 30.4. The number of hydrogen-bond donors (Lipinski definition) is 1. The first-order chi connectivity index (χ1) is 22.0. The maximum Gasteiger partial charge on any atom is 0.433 e. The Morgan fingerprint density at radius 1 is 0.979 bits per heavy atom. The van der Waals surface area contributed by atoms with E-state index in [2.05, 4.69) is 4.98 Å². The molecule has 6 unspecified atom stereocenters. The molecular formula is C32H24Cl3F3N4O5. The van der Waals surface area contributed by atoms with Gasteiger partial charge >= 0.3 is 6.18 Å². The molecule has 3 heterocycles. The topological polar surface area (TPSA) is 111 Å². The molecule has 3 fully saturated rings. The minimum atomic E-state index is -4.82. The van der Waals surface area contributed by atoms with Crippen molar-refractivity contribution in [2.75, 3.05) is 19.1 Å². The highest BCUT2D eigenvalue weighted by Crippen LogP contribution is 2.66. The number of anilines is 1. The Morgan fingerprint density at radius 2 is 1.68 bits per heavy atom. The number of aromatic hydroxyl groups is 1. The fourth-order valence-electron chi connectivity index (χ4n) is 7.84. The molecule has 0 radical (unpaired) electrons. The number of phenolic OH excluding ortho intramolecular Hbond substituents is 1. The second-order valence-electron chi connectivity index (χ2n) is 12.2. The molecule has 2 aromatic carbocycles. The SMILES string of the molecule is CN1C(=O)C2(Cl)CC3C(=CCC4C(=O)N(N(C)c5nc(C(F)(F)F)ccc5Cl)C(=O)C43)C(c3c(O)ccc4ccccc34)C2(Cl)C1=O. The summed E-state index contributed by atoms with van der Waals surface area (Å²) in [6.45, 7) is 0. The van der Waals surface area contributed by atoms with Gasteiger partial charge < -0.3 is 5.11 Å². The average molecular weight is 708 g/mol. The molecule has 1 N–H and O–H groups in total. The summed E-state index contributed by atoms with van der Waals surface area (Å²) in [6.07, 6.45) is -3.44. The molecule has 6 atom stereocenters. The molecule has 9 nitrogen and oxygen atoms in total. The molecule has 4 amide bonds. The Morgan fingerprint density at radius 3 is 2.38 bits per heavy atom. The molecule has 1 saturated carbocycles. The van der Waals surface area contributed by atoms with Crippen molar-refractivity contribution in [3.05, 3.63) is 76.5 Å². The van der Waals surface area contributed by atoms with Gasteiger partial charge in [-0.2, -0.15) is 18.2 Å². The summed E-state index contributed by atoms with van der Waals surface area (Å²) in [7, 11) is 2.46. The molecule has 4 aliphatic rings. The lowest BCUT2D eigenvalue weighted by atomic mass is 9.56. The van der Waals surface area contributed by atoms with Crippen LogP contribution in [-0.4, -0.2) is 67.5 Å². The average Bonchev–Trinajstić information content (AvgIpc) is 3.35. The second-order valence-corrected chi connectivity index (χ2v) is 13.9. The number of aromatic nitrogens is 1. The first-order valence-electron chi connectivity index (χ1n) is 14.5. The molecule has 2 saturated heterocycles. The number of halogens is 6. The van der Waals surface area contributed by atoms with Crippen molar-refractivity contribution in [2.45, 2.75) is 34.7 Å². The van der Waals surface area contributed by atoms with Gasteiger partial charge in [-0.25, -0.2) is 4.98 Å². The van der Waals surface area contributed by atoms with Crippen LogP contribution in [0.5, 0.6) is 5.75 Å². The van der Waals surface area contributed by atoms with Gasteiger partial charge in [-0.1, -0.05) is 53.6 Å². The number of hydrogen-bond acceptors (Lipinski definition) is 7. The van der Waals surface area contributed by atoms with Gasteiger partial charge in [0.2, 0.25) is 0 Å². The van der Waals surface area contributed by atoms with E-state index in [1.165, 1.54) is 20.2 Å². The number of fused-ring (bicyclic) bond motifs is 5. The van der Waals surface area contributed by atoms with E-state index in [0.29, 0.717) is 27.4 Å². The lowest BCUT2D eigenvalue weighted by Gasteiger charge is -2.51. The Labute approximate surface area is 280 Å². The van der Waals surface area contributed by atoms with E-state index in [-0.39, 0.29) is 29.2 Å². The zero-order valence-corrected chi connectivity index (χ0v) is 26.8. The summed E-state index contributed by atoms with van der Waals surface area (Å²) in [5.74, 6) is -8.01. The van der Waals surface area contributed by atoms with Gasteiger partial charge in [0, 0.05) is 25.6 Å². The van der Waals surface area contributed by atoms with Crippen LogP contribution in [0.15, 0.2) is 60.2 Å². The third-order valence-electron chi connectivity index (χ3n) is 9.95. The number of allylic oxidation sites excluding steroid dienone is 2. The van der Waals surface area contributed by atoms with Crippen LogP contribution >= 0.6 is 34.8 Å². The minimum absolute atomic E-state index is 0.00256. The largest absolute Gasteiger partial charge is 0.508 e. The third kappa shape index (κ3) is 4.13. The van der Waals surface area contributed by atoms with E-state index in [9.17, 15) is 37.5 Å². The minimum Gasteiger partial charge on any atom is -0.508 e. The summed E-state index contributed by atoms with van der Waals surface area (Å²) in [5.41, 5.74) is -0.591. The number of rotatable bonds is 3. The monoisotopic (exact) mass is 706 g/mol. The van der Waals surface area contributed by atoms with E-state index in [1.54, 1.807) is 36.4 Å². The fourth-order valence-corrected chi connectivity index (χ4v) is 9.07. The van der Waals surface area contributed by atoms with Gasteiger partial charge in [-0.3, -0.25) is 29.1 Å². The van der Waals surface area contributed by atoms with Crippen LogP contribution in [0.2, 0.25) is 5.02 Å². The number of hydrazine groups is 1. The number of imide groups is 2. The number of benzene rings is 2. The van der Waals surface area contributed by atoms with Crippen molar-refractivity contribution in [3.8, 4) is 5.75 Å². The molecule has 0 spiro atoms. The molecule has 15 heteroatoms.